The van der Waals surface area contributed by atoms with E-state index in [2.05, 4.69) is 0 Å². The summed E-state index contributed by atoms with van der Waals surface area (Å²) in [4.78, 5) is 11.6. The third-order valence-electron chi connectivity index (χ3n) is 2.79. The molecule has 0 aromatic carbocycles. The Bertz CT molecular complexity index is 179. The SMILES string of the molecule is NC(C(=O)C1CCOC1)C1CC1. The van der Waals surface area contributed by atoms with Crippen LogP contribution in [0.2, 0.25) is 0 Å². The molecule has 1 saturated heterocycles. The van der Waals surface area contributed by atoms with Gasteiger partial charge in [0.2, 0.25) is 0 Å². The molecule has 0 bridgehead atoms. The van der Waals surface area contributed by atoms with Crippen molar-refractivity contribution >= 4 is 5.78 Å². The fourth-order valence-corrected chi connectivity index (χ4v) is 1.72. The van der Waals surface area contributed by atoms with E-state index in [-0.39, 0.29) is 17.7 Å². The molecule has 0 aromatic rings. The molecule has 2 aliphatic rings. The first kappa shape index (κ1) is 8.20. The molecule has 0 aromatic heterocycles. The van der Waals surface area contributed by atoms with Crippen LogP contribution in [0, 0.1) is 11.8 Å². The van der Waals surface area contributed by atoms with Crippen molar-refractivity contribution in [2.75, 3.05) is 13.2 Å². The van der Waals surface area contributed by atoms with Crippen molar-refractivity contribution in [1.29, 1.82) is 0 Å². The molecule has 2 fully saturated rings. The number of carbonyl (C=O) groups is 1. The van der Waals surface area contributed by atoms with Gasteiger partial charge in [-0.15, -0.1) is 0 Å². The topological polar surface area (TPSA) is 52.3 Å². The zero-order valence-corrected chi connectivity index (χ0v) is 7.16. The normalized spacial score (nSPS) is 31.9. The quantitative estimate of drug-likeness (QED) is 0.662. The van der Waals surface area contributed by atoms with Crippen molar-refractivity contribution < 1.29 is 9.53 Å². The molecule has 1 aliphatic heterocycles. The summed E-state index contributed by atoms with van der Waals surface area (Å²) < 4.78 is 5.15. The Morgan fingerprint density at radius 3 is 2.67 bits per heavy atom. The molecule has 1 heterocycles. The van der Waals surface area contributed by atoms with Gasteiger partial charge in [0.15, 0.2) is 5.78 Å². The van der Waals surface area contributed by atoms with Crippen LogP contribution in [0.25, 0.3) is 0 Å². The second kappa shape index (κ2) is 3.15. The highest BCUT2D eigenvalue weighted by molar-refractivity contribution is 5.87. The molecule has 3 heteroatoms. The molecule has 2 unspecified atom stereocenters. The van der Waals surface area contributed by atoms with Gasteiger partial charge < -0.3 is 10.5 Å². The Morgan fingerprint density at radius 2 is 2.17 bits per heavy atom. The van der Waals surface area contributed by atoms with E-state index in [1.807, 2.05) is 0 Å². The molecule has 2 N–H and O–H groups in total. The van der Waals surface area contributed by atoms with Crippen molar-refractivity contribution in [3.63, 3.8) is 0 Å². The van der Waals surface area contributed by atoms with E-state index >= 15 is 0 Å². The Labute approximate surface area is 72.3 Å². The lowest BCUT2D eigenvalue weighted by Gasteiger charge is -2.12. The minimum Gasteiger partial charge on any atom is -0.381 e. The van der Waals surface area contributed by atoms with Gasteiger partial charge in [0, 0.05) is 12.5 Å². The maximum absolute atomic E-state index is 11.6. The van der Waals surface area contributed by atoms with Gasteiger partial charge in [0.05, 0.1) is 12.6 Å². The number of hydrogen-bond donors (Lipinski definition) is 1. The average molecular weight is 169 g/mol. The summed E-state index contributed by atoms with van der Waals surface area (Å²) in [5.41, 5.74) is 5.80. The zero-order chi connectivity index (χ0) is 8.55. The monoisotopic (exact) mass is 169 g/mol. The molecule has 0 radical (unpaired) electrons. The number of ketones is 1. The molecule has 12 heavy (non-hydrogen) atoms. The number of Topliss-reactive ketones (excluding diaryl/α,β-unsaturated/α-hetero) is 1. The standard InChI is InChI=1S/C9H15NO2/c10-8(6-1-2-6)9(11)7-3-4-12-5-7/h6-8H,1-5,10H2. The molecule has 3 nitrogen and oxygen atoms in total. The second-order valence-electron chi connectivity index (χ2n) is 3.83. The van der Waals surface area contributed by atoms with Crippen molar-refractivity contribution in [3.05, 3.63) is 0 Å². The van der Waals surface area contributed by atoms with Crippen molar-refractivity contribution in [1.82, 2.24) is 0 Å². The first-order valence-electron chi connectivity index (χ1n) is 4.66. The van der Waals surface area contributed by atoms with E-state index in [9.17, 15) is 4.79 Å². The molecule has 0 amide bonds. The largest absolute Gasteiger partial charge is 0.381 e. The smallest absolute Gasteiger partial charge is 0.155 e. The van der Waals surface area contributed by atoms with Gasteiger partial charge in [0.1, 0.15) is 0 Å². The lowest BCUT2D eigenvalue weighted by Crippen LogP contribution is -2.37. The van der Waals surface area contributed by atoms with E-state index in [1.54, 1.807) is 0 Å². The van der Waals surface area contributed by atoms with Crippen LogP contribution in [-0.4, -0.2) is 25.0 Å². The molecule has 2 rings (SSSR count). The Hall–Kier alpha value is -0.410. The van der Waals surface area contributed by atoms with Gasteiger partial charge in [0.25, 0.3) is 0 Å². The van der Waals surface area contributed by atoms with Crippen molar-refractivity contribution in [2.24, 2.45) is 17.6 Å². The third-order valence-corrected chi connectivity index (χ3v) is 2.79. The van der Waals surface area contributed by atoms with E-state index in [0.717, 1.165) is 25.9 Å². The van der Waals surface area contributed by atoms with Gasteiger partial charge in [-0.2, -0.15) is 0 Å². The first-order chi connectivity index (χ1) is 5.79. The van der Waals surface area contributed by atoms with Gasteiger partial charge in [-0.3, -0.25) is 4.79 Å². The Morgan fingerprint density at radius 1 is 1.42 bits per heavy atom. The van der Waals surface area contributed by atoms with E-state index in [1.165, 1.54) is 0 Å². The van der Waals surface area contributed by atoms with Crippen LogP contribution in [0.1, 0.15) is 19.3 Å². The number of carbonyl (C=O) groups excluding carboxylic acids is 1. The summed E-state index contributed by atoms with van der Waals surface area (Å²) in [6.45, 7) is 1.33. The van der Waals surface area contributed by atoms with Gasteiger partial charge in [-0.25, -0.2) is 0 Å². The summed E-state index contributed by atoms with van der Waals surface area (Å²) in [5, 5.41) is 0. The van der Waals surface area contributed by atoms with Crippen LogP contribution < -0.4 is 5.73 Å². The lowest BCUT2D eigenvalue weighted by molar-refractivity contribution is -0.124. The van der Waals surface area contributed by atoms with Crippen LogP contribution in [0.5, 0.6) is 0 Å². The summed E-state index contributed by atoms with van der Waals surface area (Å²) in [6, 6.07) is -0.198. The molecule has 68 valence electrons. The van der Waals surface area contributed by atoms with Crippen molar-refractivity contribution in [3.8, 4) is 0 Å². The molecule has 0 spiro atoms. The van der Waals surface area contributed by atoms with Gasteiger partial charge in [-0.05, 0) is 25.2 Å². The molecule has 1 saturated carbocycles. The van der Waals surface area contributed by atoms with Crippen LogP contribution in [0.4, 0.5) is 0 Å². The van der Waals surface area contributed by atoms with Crippen LogP contribution in [0.3, 0.4) is 0 Å². The number of rotatable bonds is 3. The third kappa shape index (κ3) is 1.52. The summed E-state index contributed by atoms with van der Waals surface area (Å²) >= 11 is 0. The van der Waals surface area contributed by atoms with E-state index < -0.39 is 0 Å². The molecule has 2 atom stereocenters. The van der Waals surface area contributed by atoms with Crippen LogP contribution >= 0.6 is 0 Å². The van der Waals surface area contributed by atoms with Crippen LogP contribution in [-0.2, 0) is 9.53 Å². The lowest BCUT2D eigenvalue weighted by atomic mass is 9.95. The van der Waals surface area contributed by atoms with Gasteiger partial charge in [-0.1, -0.05) is 0 Å². The minimum atomic E-state index is -0.198. The molecular weight excluding hydrogens is 154 g/mol. The summed E-state index contributed by atoms with van der Waals surface area (Å²) in [6.07, 6.45) is 3.15. The number of nitrogens with two attached hydrogens (primary N) is 1. The number of ether oxygens (including phenoxy) is 1. The maximum Gasteiger partial charge on any atom is 0.155 e. The Kier molecular flexibility index (Phi) is 2.15. The highest BCUT2D eigenvalue weighted by atomic mass is 16.5. The predicted octanol–water partition coefficient (Wildman–Crippen LogP) is 0.329. The predicted molar refractivity (Wildman–Crippen MR) is 44.6 cm³/mol. The average Bonchev–Trinajstić information content (AvgIpc) is 2.79. The molecular formula is C9H15NO2. The summed E-state index contributed by atoms with van der Waals surface area (Å²) in [7, 11) is 0. The highest BCUT2D eigenvalue weighted by Gasteiger charge is 2.37. The minimum absolute atomic E-state index is 0.0978. The fourth-order valence-electron chi connectivity index (χ4n) is 1.72. The second-order valence-corrected chi connectivity index (χ2v) is 3.83. The maximum atomic E-state index is 11.6. The zero-order valence-electron chi connectivity index (χ0n) is 7.16. The van der Waals surface area contributed by atoms with Gasteiger partial charge >= 0.3 is 0 Å². The van der Waals surface area contributed by atoms with Crippen molar-refractivity contribution in [2.45, 2.75) is 25.3 Å². The van der Waals surface area contributed by atoms with E-state index in [0.29, 0.717) is 12.5 Å². The molecule has 1 aliphatic carbocycles. The number of hydrogen-bond acceptors (Lipinski definition) is 3. The van der Waals surface area contributed by atoms with E-state index in [4.69, 9.17) is 10.5 Å². The fraction of sp³-hybridized carbons (Fsp3) is 0.889. The first-order valence-corrected chi connectivity index (χ1v) is 4.66. The Balaban J connectivity index is 1.88. The van der Waals surface area contributed by atoms with Crippen LogP contribution in [0.15, 0.2) is 0 Å². The highest BCUT2D eigenvalue weighted by Crippen LogP contribution is 2.33. The summed E-state index contributed by atoms with van der Waals surface area (Å²) in [5.74, 6) is 0.814.